The van der Waals surface area contributed by atoms with Gasteiger partial charge in [0.2, 0.25) is 0 Å². The van der Waals surface area contributed by atoms with Gasteiger partial charge in [0, 0.05) is 15.6 Å². The van der Waals surface area contributed by atoms with E-state index in [0.717, 1.165) is 5.56 Å². The molecular formula is C16H13Cl2N3O2. The zero-order valence-electron chi connectivity index (χ0n) is 11.9. The van der Waals surface area contributed by atoms with Crippen LogP contribution in [0.25, 0.3) is 0 Å². The quantitative estimate of drug-likeness (QED) is 0.643. The molecule has 7 heteroatoms. The summed E-state index contributed by atoms with van der Waals surface area (Å²) < 4.78 is 0. The summed E-state index contributed by atoms with van der Waals surface area (Å²) in [5.74, 6) is -0.824. The summed E-state index contributed by atoms with van der Waals surface area (Å²) in [6.07, 6.45) is 1.48. The highest BCUT2D eigenvalue weighted by Gasteiger charge is 2.07. The van der Waals surface area contributed by atoms with Gasteiger partial charge in [-0.1, -0.05) is 41.4 Å². The van der Waals surface area contributed by atoms with Crippen molar-refractivity contribution in [3.8, 4) is 0 Å². The summed E-state index contributed by atoms with van der Waals surface area (Å²) in [6.45, 7) is -0.191. The first-order chi connectivity index (χ1) is 11.0. The van der Waals surface area contributed by atoms with Crippen LogP contribution in [0, 0.1) is 0 Å². The molecule has 23 heavy (non-hydrogen) atoms. The molecule has 0 unspecified atom stereocenters. The molecule has 0 bridgehead atoms. The van der Waals surface area contributed by atoms with Crippen LogP contribution in [0.3, 0.4) is 0 Å². The SMILES string of the molecule is O=C(CNC(=O)c1cccc(Cl)c1)N/N=C\c1ccc(Cl)cc1. The first-order valence-corrected chi connectivity index (χ1v) is 7.41. The second kappa shape index (κ2) is 8.31. The van der Waals surface area contributed by atoms with Crippen molar-refractivity contribution in [1.29, 1.82) is 0 Å². The second-order valence-corrected chi connectivity index (χ2v) is 5.41. The number of amides is 2. The number of nitrogens with one attached hydrogen (secondary N) is 2. The molecule has 0 heterocycles. The molecule has 0 spiro atoms. The van der Waals surface area contributed by atoms with Crippen LogP contribution in [0.15, 0.2) is 53.6 Å². The van der Waals surface area contributed by atoms with Crippen LogP contribution in [-0.4, -0.2) is 24.6 Å². The van der Waals surface area contributed by atoms with E-state index in [1.165, 1.54) is 12.3 Å². The van der Waals surface area contributed by atoms with Gasteiger partial charge in [-0.25, -0.2) is 5.43 Å². The third-order valence-electron chi connectivity index (χ3n) is 2.77. The Hall–Kier alpha value is -2.37. The maximum Gasteiger partial charge on any atom is 0.259 e. The molecule has 0 saturated heterocycles. The van der Waals surface area contributed by atoms with Crippen molar-refractivity contribution in [1.82, 2.24) is 10.7 Å². The first-order valence-electron chi connectivity index (χ1n) is 6.66. The van der Waals surface area contributed by atoms with E-state index in [2.05, 4.69) is 15.8 Å². The molecule has 0 fully saturated rings. The Kier molecular flexibility index (Phi) is 6.14. The molecule has 2 N–H and O–H groups in total. The molecule has 2 aromatic rings. The molecular weight excluding hydrogens is 337 g/mol. The molecule has 0 saturated carbocycles. The van der Waals surface area contributed by atoms with E-state index in [1.807, 2.05) is 0 Å². The largest absolute Gasteiger partial charge is 0.343 e. The van der Waals surface area contributed by atoms with Crippen molar-refractivity contribution in [3.05, 3.63) is 69.7 Å². The van der Waals surface area contributed by atoms with E-state index >= 15 is 0 Å². The summed E-state index contributed by atoms with van der Waals surface area (Å²) in [7, 11) is 0. The molecule has 2 aromatic carbocycles. The third-order valence-corrected chi connectivity index (χ3v) is 3.26. The topological polar surface area (TPSA) is 70.6 Å². The Bertz CT molecular complexity index is 730. The number of nitrogens with zero attached hydrogens (tertiary/aromatic N) is 1. The number of hydrogen-bond donors (Lipinski definition) is 2. The number of halogens is 2. The highest BCUT2D eigenvalue weighted by Crippen LogP contribution is 2.10. The minimum atomic E-state index is -0.439. The predicted molar refractivity (Wildman–Crippen MR) is 91.0 cm³/mol. The van der Waals surface area contributed by atoms with Crippen LogP contribution in [0.2, 0.25) is 10.0 Å². The van der Waals surface area contributed by atoms with Gasteiger partial charge in [0.1, 0.15) is 0 Å². The van der Waals surface area contributed by atoms with Crippen LogP contribution < -0.4 is 10.7 Å². The van der Waals surface area contributed by atoms with Gasteiger partial charge < -0.3 is 5.32 Å². The third kappa shape index (κ3) is 5.73. The fourth-order valence-electron chi connectivity index (χ4n) is 1.66. The van der Waals surface area contributed by atoms with Gasteiger partial charge >= 0.3 is 0 Å². The molecule has 0 aliphatic heterocycles. The molecule has 2 amide bonds. The predicted octanol–water partition coefficient (Wildman–Crippen LogP) is 2.87. The van der Waals surface area contributed by atoms with Crippen molar-refractivity contribution >= 4 is 41.2 Å². The van der Waals surface area contributed by atoms with Crippen LogP contribution in [0.5, 0.6) is 0 Å². The number of rotatable bonds is 5. The lowest BCUT2D eigenvalue weighted by atomic mass is 10.2. The van der Waals surface area contributed by atoms with E-state index in [-0.39, 0.29) is 12.5 Å². The van der Waals surface area contributed by atoms with Crippen molar-refractivity contribution < 1.29 is 9.59 Å². The molecule has 0 aromatic heterocycles. The Morgan fingerprint density at radius 1 is 1.04 bits per heavy atom. The molecule has 0 radical (unpaired) electrons. The van der Waals surface area contributed by atoms with Crippen LogP contribution in [0.4, 0.5) is 0 Å². The fourth-order valence-corrected chi connectivity index (χ4v) is 1.98. The molecule has 118 valence electrons. The van der Waals surface area contributed by atoms with Crippen molar-refractivity contribution in [2.75, 3.05) is 6.54 Å². The van der Waals surface area contributed by atoms with Crippen LogP contribution in [-0.2, 0) is 4.79 Å². The Labute approximate surface area is 143 Å². The Morgan fingerprint density at radius 2 is 1.78 bits per heavy atom. The number of carbonyl (C=O) groups excluding carboxylic acids is 2. The van der Waals surface area contributed by atoms with Gasteiger partial charge in [0.05, 0.1) is 12.8 Å². The average molecular weight is 350 g/mol. The zero-order valence-corrected chi connectivity index (χ0v) is 13.4. The zero-order chi connectivity index (χ0) is 16.7. The van der Waals surface area contributed by atoms with Crippen molar-refractivity contribution in [2.45, 2.75) is 0 Å². The monoisotopic (exact) mass is 349 g/mol. The molecule has 5 nitrogen and oxygen atoms in total. The van der Waals surface area contributed by atoms with E-state index in [0.29, 0.717) is 15.6 Å². The minimum Gasteiger partial charge on any atom is -0.343 e. The lowest BCUT2D eigenvalue weighted by molar-refractivity contribution is -0.120. The summed E-state index contributed by atoms with van der Waals surface area (Å²) in [5.41, 5.74) is 3.49. The molecule has 0 aliphatic carbocycles. The van der Waals surface area contributed by atoms with Gasteiger partial charge in [0.25, 0.3) is 11.8 Å². The minimum absolute atomic E-state index is 0.191. The lowest BCUT2D eigenvalue weighted by Crippen LogP contribution is -2.34. The summed E-state index contributed by atoms with van der Waals surface area (Å²) in [4.78, 5) is 23.4. The van der Waals surface area contributed by atoms with Crippen molar-refractivity contribution in [3.63, 3.8) is 0 Å². The number of hydrazone groups is 1. The van der Waals surface area contributed by atoms with Crippen LogP contribution >= 0.6 is 23.2 Å². The average Bonchev–Trinajstić information content (AvgIpc) is 2.54. The van der Waals surface area contributed by atoms with Gasteiger partial charge in [-0.3, -0.25) is 9.59 Å². The fraction of sp³-hybridized carbons (Fsp3) is 0.0625. The Balaban J connectivity index is 1.78. The molecule has 2 rings (SSSR count). The maximum atomic E-state index is 11.8. The smallest absolute Gasteiger partial charge is 0.259 e. The van der Waals surface area contributed by atoms with Gasteiger partial charge in [0.15, 0.2) is 0 Å². The van der Waals surface area contributed by atoms with Crippen molar-refractivity contribution in [2.24, 2.45) is 5.10 Å². The van der Waals surface area contributed by atoms with E-state index in [1.54, 1.807) is 42.5 Å². The standard InChI is InChI=1S/C16H13Cl2N3O2/c17-13-6-4-11(5-7-13)9-20-21-15(22)10-19-16(23)12-2-1-3-14(18)8-12/h1-9H,10H2,(H,19,23)(H,21,22)/b20-9-. The van der Waals surface area contributed by atoms with E-state index < -0.39 is 5.91 Å². The van der Waals surface area contributed by atoms with Crippen LogP contribution in [0.1, 0.15) is 15.9 Å². The lowest BCUT2D eigenvalue weighted by Gasteiger charge is -2.04. The van der Waals surface area contributed by atoms with Gasteiger partial charge in [-0.05, 0) is 35.9 Å². The number of carbonyl (C=O) groups is 2. The normalized spacial score (nSPS) is 10.5. The number of hydrogen-bond acceptors (Lipinski definition) is 3. The molecule has 0 aliphatic rings. The maximum absolute atomic E-state index is 11.8. The molecule has 0 atom stereocenters. The second-order valence-electron chi connectivity index (χ2n) is 4.54. The summed E-state index contributed by atoms with van der Waals surface area (Å²) >= 11 is 11.6. The Morgan fingerprint density at radius 3 is 2.48 bits per heavy atom. The summed E-state index contributed by atoms with van der Waals surface area (Å²) in [6, 6.07) is 13.4. The van der Waals surface area contributed by atoms with Gasteiger partial charge in [-0.15, -0.1) is 0 Å². The highest BCUT2D eigenvalue weighted by molar-refractivity contribution is 6.31. The first kappa shape index (κ1) is 17.0. The van der Waals surface area contributed by atoms with Gasteiger partial charge in [-0.2, -0.15) is 5.10 Å². The van der Waals surface area contributed by atoms with E-state index in [4.69, 9.17) is 23.2 Å². The number of benzene rings is 2. The van der Waals surface area contributed by atoms with E-state index in [9.17, 15) is 9.59 Å². The highest BCUT2D eigenvalue weighted by atomic mass is 35.5. The summed E-state index contributed by atoms with van der Waals surface area (Å²) in [5, 5.41) is 7.35.